The van der Waals surface area contributed by atoms with Crippen molar-refractivity contribution in [2.45, 2.75) is 44.8 Å². The summed E-state index contributed by atoms with van der Waals surface area (Å²) in [4.78, 5) is 52.9. The Morgan fingerprint density at radius 2 is 1.69 bits per heavy atom. The molecule has 0 saturated heterocycles. The number of anilines is 2. The summed E-state index contributed by atoms with van der Waals surface area (Å²) in [7, 11) is 0. The van der Waals surface area contributed by atoms with E-state index in [0.29, 0.717) is 17.1 Å². The number of nitrogens with one attached hydrogen (secondary N) is 3. The topological polar surface area (TPSA) is 128 Å². The van der Waals surface area contributed by atoms with Crippen LogP contribution in [-0.4, -0.2) is 59.1 Å². The molecule has 0 radical (unpaired) electrons. The second-order valence-electron chi connectivity index (χ2n) is 8.94. The third kappa shape index (κ3) is 6.57. The summed E-state index contributed by atoms with van der Waals surface area (Å²) < 4.78 is 0. The van der Waals surface area contributed by atoms with Crippen LogP contribution in [0.3, 0.4) is 0 Å². The van der Waals surface area contributed by atoms with E-state index in [1.54, 1.807) is 24.3 Å². The second-order valence-corrected chi connectivity index (χ2v) is 9.92. The van der Waals surface area contributed by atoms with Gasteiger partial charge < -0.3 is 21.1 Å². The van der Waals surface area contributed by atoms with Crippen LogP contribution in [-0.2, 0) is 20.8 Å². The van der Waals surface area contributed by atoms with Gasteiger partial charge in [0.05, 0.1) is 11.4 Å². The monoisotopic (exact) mass is 512 g/mol. The van der Waals surface area contributed by atoms with E-state index in [9.17, 15) is 24.3 Å². The van der Waals surface area contributed by atoms with E-state index < -0.39 is 36.0 Å². The number of carboxylic acids is 1. The molecule has 2 aromatic carbocycles. The van der Waals surface area contributed by atoms with Gasteiger partial charge in [-0.1, -0.05) is 56.3 Å². The SMILES string of the molecule is CSCC[C@H](NC(=O)[C@H](Cc1ccccc1)NC(=O)N1c2ccccc2NC(=O)[C@H]1C(C)C)C(=O)O. The van der Waals surface area contributed by atoms with Crippen molar-refractivity contribution in [2.24, 2.45) is 5.92 Å². The molecule has 36 heavy (non-hydrogen) atoms. The maximum atomic E-state index is 13.7. The highest BCUT2D eigenvalue weighted by Crippen LogP contribution is 2.34. The zero-order chi connectivity index (χ0) is 26.2. The molecule has 3 atom stereocenters. The van der Waals surface area contributed by atoms with Crippen molar-refractivity contribution < 1.29 is 24.3 Å². The first-order valence-electron chi connectivity index (χ1n) is 11.8. The number of hydrogen-bond acceptors (Lipinski definition) is 5. The molecule has 1 heterocycles. The summed E-state index contributed by atoms with van der Waals surface area (Å²) in [6.07, 6.45) is 2.27. The number of carbonyl (C=O) groups is 4. The van der Waals surface area contributed by atoms with Crippen LogP contribution in [0.1, 0.15) is 25.8 Å². The van der Waals surface area contributed by atoms with E-state index in [-0.39, 0.29) is 24.7 Å². The largest absolute Gasteiger partial charge is 0.480 e. The van der Waals surface area contributed by atoms with Crippen LogP contribution in [0.15, 0.2) is 54.6 Å². The van der Waals surface area contributed by atoms with E-state index in [1.165, 1.54) is 16.7 Å². The molecule has 0 bridgehead atoms. The van der Waals surface area contributed by atoms with Gasteiger partial charge in [0.2, 0.25) is 11.8 Å². The van der Waals surface area contributed by atoms with Crippen LogP contribution < -0.4 is 20.9 Å². The van der Waals surface area contributed by atoms with Gasteiger partial charge in [0.25, 0.3) is 0 Å². The summed E-state index contributed by atoms with van der Waals surface area (Å²) in [6.45, 7) is 3.69. The molecule has 4 N–H and O–H groups in total. The molecule has 9 nitrogen and oxygen atoms in total. The predicted octanol–water partition coefficient (Wildman–Crippen LogP) is 3.11. The molecule has 0 saturated carbocycles. The Balaban J connectivity index is 1.90. The third-order valence-electron chi connectivity index (χ3n) is 5.94. The summed E-state index contributed by atoms with van der Waals surface area (Å²) in [6, 6.07) is 12.6. The smallest absolute Gasteiger partial charge is 0.326 e. The maximum absolute atomic E-state index is 13.7. The Morgan fingerprint density at radius 3 is 2.33 bits per heavy atom. The quantitative estimate of drug-likeness (QED) is 0.387. The number of aliphatic carboxylic acids is 1. The van der Waals surface area contributed by atoms with Gasteiger partial charge >= 0.3 is 12.0 Å². The van der Waals surface area contributed by atoms with E-state index >= 15 is 0 Å². The van der Waals surface area contributed by atoms with Crippen molar-refractivity contribution in [3.63, 3.8) is 0 Å². The second kappa shape index (κ2) is 12.4. The van der Waals surface area contributed by atoms with Crippen molar-refractivity contribution in [1.82, 2.24) is 10.6 Å². The predicted molar refractivity (Wildman–Crippen MR) is 141 cm³/mol. The lowest BCUT2D eigenvalue weighted by Gasteiger charge is -2.39. The van der Waals surface area contributed by atoms with Gasteiger partial charge in [-0.2, -0.15) is 11.8 Å². The Bertz CT molecular complexity index is 1090. The number of para-hydroxylation sites is 2. The first kappa shape index (κ1) is 27.1. The number of benzene rings is 2. The van der Waals surface area contributed by atoms with Crippen LogP contribution in [0, 0.1) is 5.92 Å². The number of urea groups is 1. The minimum absolute atomic E-state index is 0.154. The molecule has 2 aromatic rings. The van der Waals surface area contributed by atoms with Gasteiger partial charge in [0.1, 0.15) is 18.1 Å². The van der Waals surface area contributed by atoms with Gasteiger partial charge in [0, 0.05) is 6.42 Å². The van der Waals surface area contributed by atoms with Gasteiger partial charge in [-0.3, -0.25) is 14.5 Å². The minimum atomic E-state index is -1.14. The standard InChI is InChI=1S/C26H32N4O5S/c1-16(2)22-24(32)27-18-11-7-8-12-21(18)30(22)26(35)29-20(15-17-9-5-4-6-10-17)23(31)28-19(25(33)34)13-14-36-3/h4-12,16,19-20,22H,13-15H2,1-3H3,(H,27,32)(H,28,31)(H,29,35)(H,33,34)/t19-,20-,22+/m0/s1. The Kier molecular flexibility index (Phi) is 9.35. The summed E-state index contributed by atoms with van der Waals surface area (Å²) in [5.74, 6) is -1.69. The summed E-state index contributed by atoms with van der Waals surface area (Å²) >= 11 is 1.48. The number of carboxylic acid groups (broad SMARTS) is 1. The van der Waals surface area contributed by atoms with Crippen molar-refractivity contribution in [3.8, 4) is 0 Å². The molecule has 1 aliphatic heterocycles. The molecule has 4 amide bonds. The van der Waals surface area contributed by atoms with Crippen molar-refractivity contribution >= 4 is 47.0 Å². The Labute approximate surface area is 215 Å². The number of nitrogens with zero attached hydrogens (tertiary/aromatic N) is 1. The van der Waals surface area contributed by atoms with Gasteiger partial charge in [-0.25, -0.2) is 9.59 Å². The summed E-state index contributed by atoms with van der Waals surface area (Å²) in [5, 5.41) is 17.8. The molecule has 0 unspecified atom stereocenters. The van der Waals surface area contributed by atoms with Crippen molar-refractivity contribution in [2.75, 3.05) is 22.2 Å². The number of hydrogen-bond donors (Lipinski definition) is 4. The highest BCUT2D eigenvalue weighted by molar-refractivity contribution is 7.98. The molecule has 0 aliphatic carbocycles. The number of thioether (sulfide) groups is 1. The molecule has 3 rings (SSSR count). The van der Waals surface area contributed by atoms with E-state index in [0.717, 1.165) is 5.56 Å². The minimum Gasteiger partial charge on any atom is -0.480 e. The Hall–Kier alpha value is -3.53. The van der Waals surface area contributed by atoms with Crippen molar-refractivity contribution in [3.05, 3.63) is 60.2 Å². The number of carbonyl (C=O) groups excluding carboxylic acids is 3. The zero-order valence-corrected chi connectivity index (χ0v) is 21.4. The van der Waals surface area contributed by atoms with Crippen LogP contribution in [0.5, 0.6) is 0 Å². The lowest BCUT2D eigenvalue weighted by atomic mass is 9.98. The first-order valence-corrected chi connectivity index (χ1v) is 13.2. The molecule has 0 fully saturated rings. The lowest BCUT2D eigenvalue weighted by molar-refractivity contribution is -0.142. The third-order valence-corrected chi connectivity index (χ3v) is 6.58. The fourth-order valence-electron chi connectivity index (χ4n) is 4.14. The van der Waals surface area contributed by atoms with Crippen LogP contribution in [0.25, 0.3) is 0 Å². The van der Waals surface area contributed by atoms with Gasteiger partial charge in [0.15, 0.2) is 0 Å². The first-order chi connectivity index (χ1) is 17.2. The average molecular weight is 513 g/mol. The van der Waals surface area contributed by atoms with E-state index in [1.807, 2.05) is 50.4 Å². The zero-order valence-electron chi connectivity index (χ0n) is 20.6. The van der Waals surface area contributed by atoms with Crippen molar-refractivity contribution in [1.29, 1.82) is 0 Å². The lowest BCUT2D eigenvalue weighted by Crippen LogP contribution is -2.60. The maximum Gasteiger partial charge on any atom is 0.326 e. The molecule has 0 aromatic heterocycles. The van der Waals surface area contributed by atoms with Crippen LogP contribution in [0.2, 0.25) is 0 Å². The van der Waals surface area contributed by atoms with E-state index in [4.69, 9.17) is 0 Å². The molecule has 1 aliphatic rings. The molecular formula is C26H32N4O5S. The highest BCUT2D eigenvalue weighted by Gasteiger charge is 2.40. The Morgan fingerprint density at radius 1 is 1.03 bits per heavy atom. The number of rotatable bonds is 10. The highest BCUT2D eigenvalue weighted by atomic mass is 32.2. The summed E-state index contributed by atoms with van der Waals surface area (Å²) in [5.41, 5.74) is 1.82. The molecular weight excluding hydrogens is 480 g/mol. The number of amides is 4. The van der Waals surface area contributed by atoms with Crippen LogP contribution >= 0.6 is 11.8 Å². The number of fused-ring (bicyclic) bond motifs is 1. The fraction of sp³-hybridized carbons (Fsp3) is 0.385. The van der Waals surface area contributed by atoms with Crippen LogP contribution in [0.4, 0.5) is 16.2 Å². The van der Waals surface area contributed by atoms with E-state index in [2.05, 4.69) is 16.0 Å². The molecule has 192 valence electrons. The normalized spacial score (nSPS) is 16.5. The molecule has 10 heteroatoms. The fourth-order valence-corrected chi connectivity index (χ4v) is 4.61. The van der Waals surface area contributed by atoms with Gasteiger partial charge in [-0.05, 0) is 42.0 Å². The molecule has 0 spiro atoms. The van der Waals surface area contributed by atoms with Gasteiger partial charge in [-0.15, -0.1) is 0 Å². The average Bonchev–Trinajstić information content (AvgIpc) is 2.85.